The van der Waals surface area contributed by atoms with Gasteiger partial charge in [-0.2, -0.15) is 0 Å². The Balaban J connectivity index is 1.76. The molecule has 0 aromatic heterocycles. The van der Waals surface area contributed by atoms with Gasteiger partial charge in [-0.05, 0) is 37.1 Å². The molecule has 4 atom stereocenters. The molecule has 6 heteroatoms. The van der Waals surface area contributed by atoms with Crippen LogP contribution in [0, 0.1) is 18.8 Å². The molecule has 2 aliphatic heterocycles. The molecule has 1 N–H and O–H groups in total. The molecule has 144 valence electrons. The maximum Gasteiger partial charge on any atom is 0.324 e. The minimum Gasteiger partial charge on any atom is -0.465 e. The zero-order valence-corrected chi connectivity index (χ0v) is 15.8. The molecule has 2 aromatic rings. The van der Waals surface area contributed by atoms with E-state index in [1.54, 1.807) is 19.1 Å². The number of aryl methyl sites for hydroxylation is 1. The van der Waals surface area contributed by atoms with Crippen LogP contribution in [0.5, 0.6) is 0 Å². The second kappa shape index (κ2) is 7.20. The van der Waals surface area contributed by atoms with Gasteiger partial charge in [-0.15, -0.1) is 0 Å². The summed E-state index contributed by atoms with van der Waals surface area (Å²) < 4.78 is 5.18. The largest absolute Gasteiger partial charge is 0.465 e. The first kappa shape index (κ1) is 18.4. The zero-order chi connectivity index (χ0) is 19.8. The monoisotopic (exact) mass is 378 g/mol. The van der Waals surface area contributed by atoms with Gasteiger partial charge in [0.25, 0.3) is 0 Å². The lowest BCUT2D eigenvalue weighted by molar-refractivity contribution is -0.148. The van der Waals surface area contributed by atoms with Crippen molar-refractivity contribution in [1.82, 2.24) is 5.32 Å². The lowest BCUT2D eigenvalue weighted by atomic mass is 9.86. The van der Waals surface area contributed by atoms with Crippen LogP contribution in [0.2, 0.25) is 0 Å². The Kier molecular flexibility index (Phi) is 4.73. The molecule has 0 radical (unpaired) electrons. The fourth-order valence-electron chi connectivity index (χ4n) is 4.25. The van der Waals surface area contributed by atoms with Crippen molar-refractivity contribution in [3.05, 3.63) is 65.7 Å². The van der Waals surface area contributed by atoms with E-state index in [0.717, 1.165) is 11.1 Å². The van der Waals surface area contributed by atoms with E-state index >= 15 is 0 Å². The number of carbonyl (C=O) groups is 3. The highest BCUT2D eigenvalue weighted by atomic mass is 16.5. The van der Waals surface area contributed by atoms with Gasteiger partial charge >= 0.3 is 5.97 Å². The maximum absolute atomic E-state index is 13.3. The standard InChI is InChI=1S/C22H22N2O4/c1-3-28-22(27)19-17-16(18(23-19)14-9-5-4-6-10-14)20(25)24(21(17)26)15-11-7-8-13(2)12-15/h4-12,16-19,23H,3H2,1-2H3/t16-,17+,18-,19-/m1/s1. The van der Waals surface area contributed by atoms with Crippen LogP contribution in [0.25, 0.3) is 0 Å². The Bertz CT molecular complexity index is 927. The molecule has 4 rings (SSSR count). The molecular formula is C22H22N2O4. The number of rotatable bonds is 4. The molecule has 6 nitrogen and oxygen atoms in total. The molecule has 2 amide bonds. The number of imide groups is 1. The van der Waals surface area contributed by atoms with Crippen LogP contribution in [0.1, 0.15) is 24.1 Å². The summed E-state index contributed by atoms with van der Waals surface area (Å²) in [4.78, 5) is 40.4. The van der Waals surface area contributed by atoms with Crippen molar-refractivity contribution < 1.29 is 19.1 Å². The third kappa shape index (κ3) is 2.90. The van der Waals surface area contributed by atoms with Crippen molar-refractivity contribution in [3.63, 3.8) is 0 Å². The number of benzene rings is 2. The number of amides is 2. The third-order valence-corrected chi connectivity index (χ3v) is 5.43. The van der Waals surface area contributed by atoms with Crippen LogP contribution in [0.4, 0.5) is 5.69 Å². The number of anilines is 1. The molecule has 2 aromatic carbocycles. The number of nitrogens with zero attached hydrogens (tertiary/aromatic N) is 1. The summed E-state index contributed by atoms with van der Waals surface area (Å²) in [5, 5.41) is 3.20. The molecule has 0 unspecified atom stereocenters. The number of ether oxygens (including phenoxy) is 1. The van der Waals surface area contributed by atoms with E-state index in [0.29, 0.717) is 5.69 Å². The summed E-state index contributed by atoms with van der Waals surface area (Å²) in [7, 11) is 0. The molecule has 0 bridgehead atoms. The van der Waals surface area contributed by atoms with Gasteiger partial charge in [-0.25, -0.2) is 4.90 Å². The molecule has 0 aliphatic carbocycles. The highest BCUT2D eigenvalue weighted by molar-refractivity contribution is 6.23. The van der Waals surface area contributed by atoms with E-state index in [1.807, 2.05) is 49.4 Å². The van der Waals surface area contributed by atoms with Crippen molar-refractivity contribution in [2.24, 2.45) is 11.8 Å². The van der Waals surface area contributed by atoms with Gasteiger partial charge < -0.3 is 4.74 Å². The predicted molar refractivity (Wildman–Crippen MR) is 103 cm³/mol. The molecule has 0 saturated carbocycles. The van der Waals surface area contributed by atoms with Crippen LogP contribution in [-0.2, 0) is 19.1 Å². The lowest BCUT2D eigenvalue weighted by Crippen LogP contribution is -2.44. The van der Waals surface area contributed by atoms with Crippen molar-refractivity contribution in [3.8, 4) is 0 Å². The first-order valence-corrected chi connectivity index (χ1v) is 9.45. The second-order valence-corrected chi connectivity index (χ2v) is 7.19. The normalized spacial score (nSPS) is 26.4. The summed E-state index contributed by atoms with van der Waals surface area (Å²) in [5.41, 5.74) is 2.37. The lowest BCUT2D eigenvalue weighted by Gasteiger charge is -2.22. The van der Waals surface area contributed by atoms with Crippen LogP contribution < -0.4 is 10.2 Å². The van der Waals surface area contributed by atoms with Crippen LogP contribution in [-0.4, -0.2) is 30.4 Å². The van der Waals surface area contributed by atoms with Gasteiger partial charge in [0.1, 0.15) is 6.04 Å². The number of esters is 1. The molecule has 2 aliphatic rings. The van der Waals surface area contributed by atoms with E-state index in [9.17, 15) is 14.4 Å². The summed E-state index contributed by atoms with van der Waals surface area (Å²) >= 11 is 0. The Morgan fingerprint density at radius 3 is 2.43 bits per heavy atom. The summed E-state index contributed by atoms with van der Waals surface area (Å²) in [5.74, 6) is -2.57. The molecular weight excluding hydrogens is 356 g/mol. The second-order valence-electron chi connectivity index (χ2n) is 7.19. The fourth-order valence-corrected chi connectivity index (χ4v) is 4.25. The van der Waals surface area contributed by atoms with Crippen molar-refractivity contribution in [2.45, 2.75) is 25.9 Å². The zero-order valence-electron chi connectivity index (χ0n) is 15.8. The van der Waals surface area contributed by atoms with Crippen molar-refractivity contribution in [2.75, 3.05) is 11.5 Å². The van der Waals surface area contributed by atoms with Gasteiger partial charge in [0, 0.05) is 6.04 Å². The van der Waals surface area contributed by atoms with E-state index in [-0.39, 0.29) is 18.4 Å². The summed E-state index contributed by atoms with van der Waals surface area (Å²) in [6, 6.07) is 15.4. The van der Waals surface area contributed by atoms with E-state index in [4.69, 9.17) is 4.74 Å². The Hall–Kier alpha value is -2.99. The number of fused-ring (bicyclic) bond motifs is 1. The SMILES string of the molecule is CCOC(=O)[C@@H]1N[C@H](c2ccccc2)[C@@H]2C(=O)N(c3cccc(C)c3)C(=O)[C@@H]21. The van der Waals surface area contributed by atoms with Gasteiger partial charge in [0.2, 0.25) is 11.8 Å². The Labute approximate surface area is 163 Å². The van der Waals surface area contributed by atoms with Gasteiger partial charge in [0.15, 0.2) is 0 Å². The average Bonchev–Trinajstić information content (AvgIpc) is 3.20. The summed E-state index contributed by atoms with van der Waals surface area (Å²) in [6.45, 7) is 3.85. The van der Waals surface area contributed by atoms with E-state index in [2.05, 4.69) is 5.32 Å². The summed E-state index contributed by atoms with van der Waals surface area (Å²) in [6.07, 6.45) is 0. The predicted octanol–water partition coefficient (Wildman–Crippen LogP) is 2.38. The third-order valence-electron chi connectivity index (χ3n) is 5.43. The molecule has 0 spiro atoms. The number of hydrogen-bond acceptors (Lipinski definition) is 5. The fraction of sp³-hybridized carbons (Fsp3) is 0.318. The first-order valence-electron chi connectivity index (χ1n) is 9.45. The first-order chi connectivity index (χ1) is 13.5. The number of carbonyl (C=O) groups excluding carboxylic acids is 3. The smallest absolute Gasteiger partial charge is 0.324 e. The van der Waals surface area contributed by atoms with Gasteiger partial charge in [0.05, 0.1) is 24.1 Å². The van der Waals surface area contributed by atoms with Crippen LogP contribution in [0.3, 0.4) is 0 Å². The minimum atomic E-state index is -0.846. The molecule has 28 heavy (non-hydrogen) atoms. The van der Waals surface area contributed by atoms with E-state index in [1.165, 1.54) is 4.90 Å². The average molecular weight is 378 g/mol. The van der Waals surface area contributed by atoms with Crippen molar-refractivity contribution >= 4 is 23.5 Å². The van der Waals surface area contributed by atoms with Crippen LogP contribution in [0.15, 0.2) is 54.6 Å². The number of hydrogen-bond donors (Lipinski definition) is 1. The quantitative estimate of drug-likeness (QED) is 0.653. The van der Waals surface area contributed by atoms with Gasteiger partial charge in [-0.3, -0.25) is 19.7 Å². The molecule has 2 fully saturated rings. The number of nitrogens with one attached hydrogen (secondary N) is 1. The topological polar surface area (TPSA) is 75.7 Å². The van der Waals surface area contributed by atoms with Gasteiger partial charge in [-0.1, -0.05) is 42.5 Å². The van der Waals surface area contributed by atoms with Crippen molar-refractivity contribution in [1.29, 1.82) is 0 Å². The Morgan fingerprint density at radius 2 is 1.75 bits per heavy atom. The van der Waals surface area contributed by atoms with E-state index < -0.39 is 29.9 Å². The maximum atomic E-state index is 13.3. The minimum absolute atomic E-state index is 0.216. The molecule has 2 saturated heterocycles. The van der Waals surface area contributed by atoms with Crippen LogP contribution >= 0.6 is 0 Å². The molecule has 2 heterocycles. The highest BCUT2D eigenvalue weighted by Crippen LogP contribution is 2.45. The Morgan fingerprint density at radius 1 is 1.04 bits per heavy atom. The highest BCUT2D eigenvalue weighted by Gasteiger charge is 2.61.